The summed E-state index contributed by atoms with van der Waals surface area (Å²) in [4.78, 5) is 12.3. The highest BCUT2D eigenvalue weighted by Crippen LogP contribution is 2.17. The molecule has 2 aromatic rings. The SMILES string of the molecule is Cc1ccccc1[C@H](C)NC(=O)c1ccc(CS(N)(=O)=O)cc1. The van der Waals surface area contributed by atoms with E-state index in [-0.39, 0.29) is 17.7 Å². The van der Waals surface area contributed by atoms with Gasteiger partial charge in [0.05, 0.1) is 11.8 Å². The van der Waals surface area contributed by atoms with Crippen LogP contribution in [-0.2, 0) is 15.8 Å². The van der Waals surface area contributed by atoms with Crippen molar-refractivity contribution in [2.24, 2.45) is 5.14 Å². The molecule has 0 heterocycles. The molecule has 0 spiro atoms. The van der Waals surface area contributed by atoms with Crippen molar-refractivity contribution in [2.45, 2.75) is 25.6 Å². The highest BCUT2D eigenvalue weighted by molar-refractivity contribution is 7.88. The van der Waals surface area contributed by atoms with Crippen LogP contribution in [-0.4, -0.2) is 14.3 Å². The van der Waals surface area contributed by atoms with Crippen LogP contribution in [0.15, 0.2) is 48.5 Å². The molecule has 1 atom stereocenters. The molecule has 0 aromatic heterocycles. The number of aryl methyl sites for hydroxylation is 1. The lowest BCUT2D eigenvalue weighted by Gasteiger charge is -2.16. The van der Waals surface area contributed by atoms with Crippen LogP contribution in [0.2, 0.25) is 0 Å². The number of amides is 1. The van der Waals surface area contributed by atoms with Gasteiger partial charge in [-0.05, 0) is 42.7 Å². The van der Waals surface area contributed by atoms with Gasteiger partial charge >= 0.3 is 0 Å². The van der Waals surface area contributed by atoms with E-state index in [4.69, 9.17) is 5.14 Å². The maximum Gasteiger partial charge on any atom is 0.251 e. The summed E-state index contributed by atoms with van der Waals surface area (Å²) in [6.45, 7) is 3.93. The van der Waals surface area contributed by atoms with E-state index >= 15 is 0 Å². The standard InChI is InChI=1S/C17H20N2O3S/c1-12-5-3-4-6-16(12)13(2)19-17(20)15-9-7-14(8-10-15)11-23(18,21)22/h3-10,13H,11H2,1-2H3,(H,19,20)(H2,18,21,22)/t13-/m0/s1. The Morgan fingerprint density at radius 2 is 1.74 bits per heavy atom. The van der Waals surface area contributed by atoms with Gasteiger partial charge in [-0.2, -0.15) is 0 Å². The fraction of sp³-hybridized carbons (Fsp3) is 0.235. The Morgan fingerprint density at radius 1 is 1.13 bits per heavy atom. The first-order valence-electron chi connectivity index (χ1n) is 7.22. The van der Waals surface area contributed by atoms with Crippen molar-refractivity contribution in [3.05, 3.63) is 70.8 Å². The Kier molecular flexibility index (Phi) is 5.18. The van der Waals surface area contributed by atoms with Crippen molar-refractivity contribution in [3.63, 3.8) is 0 Å². The van der Waals surface area contributed by atoms with Crippen LogP contribution in [0.25, 0.3) is 0 Å². The zero-order valence-corrected chi connectivity index (χ0v) is 13.9. The second kappa shape index (κ2) is 6.93. The van der Waals surface area contributed by atoms with Crippen LogP contribution in [0, 0.1) is 6.92 Å². The van der Waals surface area contributed by atoms with E-state index in [1.165, 1.54) is 0 Å². The fourth-order valence-corrected chi connectivity index (χ4v) is 3.07. The minimum absolute atomic E-state index is 0.118. The summed E-state index contributed by atoms with van der Waals surface area (Å²) in [7, 11) is -3.57. The first-order valence-corrected chi connectivity index (χ1v) is 8.93. The molecule has 0 saturated heterocycles. The Labute approximate surface area is 136 Å². The van der Waals surface area contributed by atoms with Crippen molar-refractivity contribution in [1.82, 2.24) is 5.32 Å². The molecule has 0 fully saturated rings. The Bertz CT molecular complexity index is 799. The van der Waals surface area contributed by atoms with Crippen LogP contribution in [0.3, 0.4) is 0 Å². The maximum atomic E-state index is 12.3. The van der Waals surface area contributed by atoms with Gasteiger partial charge in [0.2, 0.25) is 10.0 Å². The smallest absolute Gasteiger partial charge is 0.251 e. The van der Waals surface area contributed by atoms with Gasteiger partial charge in [0.15, 0.2) is 0 Å². The van der Waals surface area contributed by atoms with Crippen molar-refractivity contribution in [3.8, 4) is 0 Å². The van der Waals surface area contributed by atoms with Gasteiger partial charge in [-0.3, -0.25) is 4.79 Å². The molecule has 2 rings (SSSR count). The molecule has 0 bridgehead atoms. The second-order valence-corrected chi connectivity index (χ2v) is 7.17. The summed E-state index contributed by atoms with van der Waals surface area (Å²) < 4.78 is 22.1. The molecule has 0 radical (unpaired) electrons. The first kappa shape index (κ1) is 17.2. The van der Waals surface area contributed by atoms with Gasteiger partial charge in [-0.25, -0.2) is 13.6 Å². The summed E-state index contributed by atoms with van der Waals surface area (Å²) in [5.41, 5.74) is 3.20. The molecule has 23 heavy (non-hydrogen) atoms. The van der Waals surface area contributed by atoms with E-state index in [0.29, 0.717) is 11.1 Å². The zero-order valence-electron chi connectivity index (χ0n) is 13.1. The van der Waals surface area contributed by atoms with Crippen molar-refractivity contribution in [1.29, 1.82) is 0 Å². The Hall–Kier alpha value is -2.18. The predicted molar refractivity (Wildman–Crippen MR) is 90.3 cm³/mol. The third-order valence-corrected chi connectivity index (χ3v) is 4.32. The fourth-order valence-electron chi connectivity index (χ4n) is 2.42. The molecular weight excluding hydrogens is 312 g/mol. The van der Waals surface area contributed by atoms with Crippen LogP contribution >= 0.6 is 0 Å². The molecule has 3 N–H and O–H groups in total. The monoisotopic (exact) mass is 332 g/mol. The van der Waals surface area contributed by atoms with Gasteiger partial charge < -0.3 is 5.32 Å². The van der Waals surface area contributed by atoms with Crippen molar-refractivity contribution >= 4 is 15.9 Å². The third-order valence-electron chi connectivity index (χ3n) is 3.59. The van der Waals surface area contributed by atoms with Gasteiger partial charge in [0.25, 0.3) is 5.91 Å². The maximum absolute atomic E-state index is 12.3. The lowest BCUT2D eigenvalue weighted by Crippen LogP contribution is -2.27. The summed E-state index contributed by atoms with van der Waals surface area (Å²) in [6.07, 6.45) is 0. The lowest BCUT2D eigenvalue weighted by atomic mass is 10.0. The molecule has 0 aliphatic rings. The summed E-state index contributed by atoms with van der Waals surface area (Å²) >= 11 is 0. The van der Waals surface area contributed by atoms with E-state index in [9.17, 15) is 13.2 Å². The lowest BCUT2D eigenvalue weighted by molar-refractivity contribution is 0.0940. The third kappa shape index (κ3) is 4.91. The van der Waals surface area contributed by atoms with Crippen molar-refractivity contribution < 1.29 is 13.2 Å². The summed E-state index contributed by atoms with van der Waals surface area (Å²) in [5.74, 6) is -0.447. The number of rotatable bonds is 5. The van der Waals surface area contributed by atoms with E-state index in [1.54, 1.807) is 24.3 Å². The zero-order chi connectivity index (χ0) is 17.0. The number of carbonyl (C=O) groups excluding carboxylic acids is 1. The minimum Gasteiger partial charge on any atom is -0.346 e. The van der Waals surface area contributed by atoms with Gasteiger partial charge in [0, 0.05) is 5.56 Å². The van der Waals surface area contributed by atoms with E-state index in [1.807, 2.05) is 38.1 Å². The van der Waals surface area contributed by atoms with E-state index in [2.05, 4.69) is 5.32 Å². The molecular formula is C17H20N2O3S. The number of primary sulfonamides is 1. The van der Waals surface area contributed by atoms with E-state index < -0.39 is 10.0 Å². The molecule has 0 aliphatic carbocycles. The average Bonchev–Trinajstić information content (AvgIpc) is 2.46. The van der Waals surface area contributed by atoms with Crippen LogP contribution in [0.1, 0.15) is 40.0 Å². The molecule has 6 heteroatoms. The quantitative estimate of drug-likeness (QED) is 0.880. The van der Waals surface area contributed by atoms with Crippen LogP contribution in [0.5, 0.6) is 0 Å². The molecule has 122 valence electrons. The van der Waals surface area contributed by atoms with Gasteiger partial charge in [-0.1, -0.05) is 36.4 Å². The number of nitrogens with two attached hydrogens (primary N) is 1. The average molecular weight is 332 g/mol. The summed E-state index contributed by atoms with van der Waals surface area (Å²) in [5, 5.41) is 7.94. The molecule has 2 aromatic carbocycles. The van der Waals surface area contributed by atoms with Crippen molar-refractivity contribution in [2.75, 3.05) is 0 Å². The largest absolute Gasteiger partial charge is 0.346 e. The number of sulfonamides is 1. The van der Waals surface area contributed by atoms with Crippen LogP contribution in [0.4, 0.5) is 0 Å². The molecule has 5 nitrogen and oxygen atoms in total. The molecule has 1 amide bonds. The Balaban J connectivity index is 2.08. The van der Waals surface area contributed by atoms with Gasteiger partial charge in [0.1, 0.15) is 0 Å². The second-order valence-electron chi connectivity index (χ2n) is 5.56. The number of nitrogens with one attached hydrogen (secondary N) is 1. The number of hydrogen-bond donors (Lipinski definition) is 2. The highest BCUT2D eigenvalue weighted by atomic mass is 32.2. The highest BCUT2D eigenvalue weighted by Gasteiger charge is 2.13. The normalized spacial score (nSPS) is 12.7. The molecule has 0 saturated carbocycles. The Morgan fingerprint density at radius 3 is 2.30 bits per heavy atom. The number of hydrogen-bond acceptors (Lipinski definition) is 3. The number of benzene rings is 2. The minimum atomic E-state index is -3.57. The predicted octanol–water partition coefficient (Wildman–Crippen LogP) is 2.27. The number of carbonyl (C=O) groups is 1. The first-order chi connectivity index (χ1) is 10.8. The molecule has 0 unspecified atom stereocenters. The summed E-state index contributed by atoms with van der Waals surface area (Å²) in [6, 6.07) is 14.1. The van der Waals surface area contributed by atoms with E-state index in [0.717, 1.165) is 11.1 Å². The van der Waals surface area contributed by atoms with Crippen LogP contribution < -0.4 is 10.5 Å². The topological polar surface area (TPSA) is 89.3 Å². The molecule has 0 aliphatic heterocycles. The van der Waals surface area contributed by atoms with Gasteiger partial charge in [-0.15, -0.1) is 0 Å².